The van der Waals surface area contributed by atoms with Gasteiger partial charge >= 0.3 is 6.18 Å². The number of alkyl halides is 3. The minimum atomic E-state index is -4.41. The summed E-state index contributed by atoms with van der Waals surface area (Å²) in [5.41, 5.74) is 1.40. The van der Waals surface area contributed by atoms with E-state index in [1.54, 1.807) is 12.1 Å². The van der Waals surface area contributed by atoms with Crippen molar-refractivity contribution in [2.45, 2.75) is 37.3 Å². The van der Waals surface area contributed by atoms with Gasteiger partial charge in [-0.15, -0.1) is 0 Å². The van der Waals surface area contributed by atoms with Crippen LogP contribution in [0.2, 0.25) is 0 Å². The van der Waals surface area contributed by atoms with Crippen LogP contribution in [0.25, 0.3) is 0 Å². The topological polar surface area (TPSA) is 33.3 Å². The molecule has 3 nitrogen and oxygen atoms in total. The maximum Gasteiger partial charge on any atom is 0.416 e. The third kappa shape index (κ3) is 3.61. The van der Waals surface area contributed by atoms with Gasteiger partial charge in [0, 0.05) is 23.7 Å². The Kier molecular flexibility index (Phi) is 5.05. The van der Waals surface area contributed by atoms with Gasteiger partial charge in [0.15, 0.2) is 0 Å². The molecule has 1 saturated heterocycles. The van der Waals surface area contributed by atoms with E-state index in [0.29, 0.717) is 17.8 Å². The van der Waals surface area contributed by atoms with Gasteiger partial charge in [0.25, 0.3) is 0 Å². The summed E-state index contributed by atoms with van der Waals surface area (Å²) >= 11 is 0. The standard InChI is InChI=1S/C21H22F4N2O/c1-26-11-15-7-8-16-19(12-2-5-14(22)6-3-12)27-18-9-4-13(21(23,24)25)10-17(18)20(16)28-15/h2-6,9-10,15-16,19-20,26-27H,7-8,11H2,1H3/t15?,16?,19-,20?/m0/s1. The molecule has 0 amide bonds. The molecule has 4 rings (SSSR count). The molecule has 150 valence electrons. The minimum Gasteiger partial charge on any atom is -0.378 e. The summed E-state index contributed by atoms with van der Waals surface area (Å²) in [7, 11) is 1.83. The van der Waals surface area contributed by atoms with Crippen molar-refractivity contribution in [2.75, 3.05) is 18.9 Å². The van der Waals surface area contributed by atoms with Gasteiger partial charge in [-0.1, -0.05) is 12.1 Å². The summed E-state index contributed by atoms with van der Waals surface area (Å²) < 4.78 is 59.4. The van der Waals surface area contributed by atoms with Crippen LogP contribution >= 0.6 is 0 Å². The molecule has 2 aromatic rings. The zero-order valence-corrected chi connectivity index (χ0v) is 15.4. The predicted octanol–water partition coefficient (Wildman–Crippen LogP) is 5.07. The van der Waals surface area contributed by atoms with Crippen molar-refractivity contribution in [1.29, 1.82) is 0 Å². The Morgan fingerprint density at radius 3 is 2.54 bits per heavy atom. The number of likely N-dealkylation sites (N-methyl/N-ethyl adjacent to an activating group) is 1. The Morgan fingerprint density at radius 2 is 1.86 bits per heavy atom. The molecule has 7 heteroatoms. The maximum absolute atomic E-state index is 13.4. The second-order valence-electron chi connectivity index (χ2n) is 7.45. The zero-order valence-electron chi connectivity index (χ0n) is 15.4. The van der Waals surface area contributed by atoms with Crippen molar-refractivity contribution in [2.24, 2.45) is 5.92 Å². The van der Waals surface area contributed by atoms with Crippen molar-refractivity contribution in [3.8, 4) is 0 Å². The second-order valence-corrected chi connectivity index (χ2v) is 7.45. The van der Waals surface area contributed by atoms with Crippen molar-refractivity contribution in [3.63, 3.8) is 0 Å². The van der Waals surface area contributed by atoms with E-state index in [1.807, 2.05) is 7.05 Å². The van der Waals surface area contributed by atoms with E-state index in [1.165, 1.54) is 24.3 Å². The number of nitrogens with one attached hydrogen (secondary N) is 2. The molecule has 2 aliphatic heterocycles. The van der Waals surface area contributed by atoms with Crippen LogP contribution in [0.15, 0.2) is 42.5 Å². The normalized spacial score (nSPS) is 26.9. The third-order valence-corrected chi connectivity index (χ3v) is 5.64. The Bertz CT molecular complexity index is 837. The van der Waals surface area contributed by atoms with Crippen LogP contribution in [-0.2, 0) is 10.9 Å². The molecule has 0 saturated carbocycles. The molecule has 1 fully saturated rings. The van der Waals surface area contributed by atoms with E-state index in [2.05, 4.69) is 10.6 Å². The number of fused-ring (bicyclic) bond motifs is 3. The number of halogens is 4. The van der Waals surface area contributed by atoms with Crippen molar-refractivity contribution < 1.29 is 22.3 Å². The van der Waals surface area contributed by atoms with Crippen molar-refractivity contribution in [3.05, 3.63) is 65.0 Å². The average Bonchev–Trinajstić information content (AvgIpc) is 2.67. The first-order chi connectivity index (χ1) is 13.4. The molecule has 2 N–H and O–H groups in total. The van der Waals surface area contributed by atoms with E-state index < -0.39 is 17.8 Å². The van der Waals surface area contributed by atoms with E-state index in [0.717, 1.165) is 24.5 Å². The smallest absolute Gasteiger partial charge is 0.378 e. The molecular weight excluding hydrogens is 372 g/mol. The summed E-state index contributed by atoms with van der Waals surface area (Å²) in [5.74, 6) is -0.352. The number of hydrogen-bond donors (Lipinski definition) is 2. The van der Waals surface area contributed by atoms with Crippen LogP contribution < -0.4 is 10.6 Å². The highest BCUT2D eigenvalue weighted by molar-refractivity contribution is 5.58. The molecule has 0 spiro atoms. The lowest BCUT2D eigenvalue weighted by molar-refractivity contribution is -0.138. The fourth-order valence-electron chi connectivity index (χ4n) is 4.31. The number of ether oxygens (including phenoxy) is 1. The van der Waals surface area contributed by atoms with Crippen LogP contribution in [-0.4, -0.2) is 19.7 Å². The lowest BCUT2D eigenvalue weighted by atomic mass is 9.76. The number of anilines is 1. The van der Waals surface area contributed by atoms with Crippen LogP contribution in [0.1, 0.15) is 41.7 Å². The summed E-state index contributed by atoms with van der Waals surface area (Å²) in [6.45, 7) is 0.645. The van der Waals surface area contributed by atoms with E-state index in [-0.39, 0.29) is 23.9 Å². The Labute approximate surface area is 161 Å². The monoisotopic (exact) mass is 394 g/mol. The van der Waals surface area contributed by atoms with Gasteiger partial charge in [0.1, 0.15) is 5.82 Å². The highest BCUT2D eigenvalue weighted by Gasteiger charge is 2.43. The van der Waals surface area contributed by atoms with Gasteiger partial charge in [0.05, 0.1) is 23.8 Å². The molecule has 2 heterocycles. The SMILES string of the molecule is CNCC1CCC2C(O1)c1cc(C(F)(F)F)ccc1N[C@H]2c1ccc(F)cc1. The lowest BCUT2D eigenvalue weighted by Gasteiger charge is -2.46. The molecule has 0 aliphatic carbocycles. The van der Waals surface area contributed by atoms with Gasteiger partial charge in [0.2, 0.25) is 0 Å². The van der Waals surface area contributed by atoms with Crippen LogP contribution in [0, 0.1) is 11.7 Å². The van der Waals surface area contributed by atoms with Crippen molar-refractivity contribution in [1.82, 2.24) is 5.32 Å². The molecule has 0 bridgehead atoms. The summed E-state index contributed by atoms with van der Waals surface area (Å²) in [6, 6.07) is 9.85. The molecule has 3 unspecified atom stereocenters. The summed E-state index contributed by atoms with van der Waals surface area (Å²) in [5, 5.41) is 6.45. The van der Waals surface area contributed by atoms with Gasteiger partial charge in [-0.3, -0.25) is 0 Å². The number of benzene rings is 2. The Morgan fingerprint density at radius 1 is 1.11 bits per heavy atom. The number of hydrogen-bond acceptors (Lipinski definition) is 3. The van der Waals surface area contributed by atoms with Gasteiger partial charge in [-0.2, -0.15) is 13.2 Å². The Hall–Kier alpha value is -2.12. The zero-order chi connectivity index (χ0) is 19.9. The van der Waals surface area contributed by atoms with Gasteiger partial charge < -0.3 is 15.4 Å². The lowest BCUT2D eigenvalue weighted by Crippen LogP contribution is -2.41. The maximum atomic E-state index is 13.4. The molecule has 2 aliphatic rings. The van der Waals surface area contributed by atoms with Crippen LogP contribution in [0.3, 0.4) is 0 Å². The predicted molar refractivity (Wildman–Crippen MR) is 98.5 cm³/mol. The highest BCUT2D eigenvalue weighted by atomic mass is 19.4. The van der Waals surface area contributed by atoms with Gasteiger partial charge in [-0.05, 0) is 55.8 Å². The fourth-order valence-corrected chi connectivity index (χ4v) is 4.31. The Balaban J connectivity index is 1.74. The summed E-state index contributed by atoms with van der Waals surface area (Å²) in [6.07, 6.45) is -3.28. The van der Waals surface area contributed by atoms with E-state index in [9.17, 15) is 17.6 Å². The van der Waals surface area contributed by atoms with E-state index in [4.69, 9.17) is 4.74 Å². The minimum absolute atomic E-state index is 0.0328. The molecule has 0 radical (unpaired) electrons. The molecule has 0 aromatic heterocycles. The number of rotatable bonds is 3. The first kappa shape index (κ1) is 19.2. The largest absolute Gasteiger partial charge is 0.416 e. The first-order valence-corrected chi connectivity index (χ1v) is 9.40. The van der Waals surface area contributed by atoms with Crippen LogP contribution in [0.5, 0.6) is 0 Å². The fraction of sp³-hybridized carbons (Fsp3) is 0.429. The molecule has 28 heavy (non-hydrogen) atoms. The van der Waals surface area contributed by atoms with Gasteiger partial charge in [-0.25, -0.2) is 4.39 Å². The second kappa shape index (κ2) is 7.37. The van der Waals surface area contributed by atoms with E-state index >= 15 is 0 Å². The first-order valence-electron chi connectivity index (χ1n) is 9.40. The molecule has 4 atom stereocenters. The van der Waals surface area contributed by atoms with Crippen molar-refractivity contribution >= 4 is 5.69 Å². The quantitative estimate of drug-likeness (QED) is 0.714. The van der Waals surface area contributed by atoms with Crippen LogP contribution in [0.4, 0.5) is 23.2 Å². The average molecular weight is 394 g/mol. The highest BCUT2D eigenvalue weighted by Crippen LogP contribution is 2.51. The molecule has 2 aromatic carbocycles. The third-order valence-electron chi connectivity index (χ3n) is 5.64. The molecular formula is C21H22F4N2O. The summed E-state index contributed by atoms with van der Waals surface area (Å²) in [4.78, 5) is 0.